The molecule has 1 aromatic heterocycles. The molecule has 3 rings (SSSR count). The fourth-order valence-electron chi connectivity index (χ4n) is 2.45. The first-order valence-corrected chi connectivity index (χ1v) is 9.73. The average molecular weight is 392 g/mol. The summed E-state index contributed by atoms with van der Waals surface area (Å²) in [5, 5.41) is 6.21. The Balaban J connectivity index is 1.59. The Labute approximate surface area is 167 Å². The molecule has 0 saturated carbocycles. The molecular weight excluding hydrogens is 372 g/mol. The molecule has 0 aliphatic heterocycles. The minimum atomic E-state index is -0.240. The minimum Gasteiger partial charge on any atom is -0.348 e. The van der Waals surface area contributed by atoms with Crippen LogP contribution < -0.4 is 10.6 Å². The number of aromatic nitrogens is 2. The fraction of sp³-hybridized carbons (Fsp3) is 0.143. The minimum absolute atomic E-state index is 0.156. The van der Waals surface area contributed by atoms with E-state index in [1.807, 2.05) is 31.2 Å². The van der Waals surface area contributed by atoms with Gasteiger partial charge in [-0.1, -0.05) is 53.7 Å². The van der Waals surface area contributed by atoms with Gasteiger partial charge in [0.05, 0.1) is 17.0 Å². The summed E-state index contributed by atoms with van der Waals surface area (Å²) in [6.07, 6.45) is 3.25. The Hall–Kier alpha value is -3.19. The quantitative estimate of drug-likeness (QED) is 0.475. The van der Waals surface area contributed by atoms with Crippen LogP contribution in [0.3, 0.4) is 0 Å². The lowest BCUT2D eigenvalue weighted by Crippen LogP contribution is -2.25. The van der Waals surface area contributed by atoms with Gasteiger partial charge in [-0.05, 0) is 30.7 Å². The number of rotatable bonds is 7. The van der Waals surface area contributed by atoms with Gasteiger partial charge in [-0.25, -0.2) is 9.97 Å². The highest BCUT2D eigenvalue weighted by Gasteiger charge is 2.13. The maximum absolute atomic E-state index is 12.6. The highest BCUT2D eigenvalue weighted by molar-refractivity contribution is 7.99. The van der Waals surface area contributed by atoms with Crippen molar-refractivity contribution in [2.24, 2.45) is 0 Å². The van der Waals surface area contributed by atoms with E-state index in [2.05, 4.69) is 20.6 Å². The Morgan fingerprint density at radius 2 is 1.68 bits per heavy atom. The van der Waals surface area contributed by atoms with Gasteiger partial charge in [0.2, 0.25) is 5.91 Å². The van der Waals surface area contributed by atoms with Crippen LogP contribution in [0.5, 0.6) is 0 Å². The Morgan fingerprint density at radius 3 is 2.43 bits per heavy atom. The van der Waals surface area contributed by atoms with Crippen molar-refractivity contribution in [3.8, 4) is 0 Å². The molecule has 0 atom stereocenters. The Bertz CT molecular complexity index is 946. The second-order valence-electron chi connectivity index (χ2n) is 6.08. The summed E-state index contributed by atoms with van der Waals surface area (Å²) < 4.78 is 0. The van der Waals surface area contributed by atoms with Crippen LogP contribution in [0.2, 0.25) is 0 Å². The number of amides is 2. The second-order valence-corrected chi connectivity index (χ2v) is 7.02. The van der Waals surface area contributed by atoms with Crippen LogP contribution in [0.1, 0.15) is 21.5 Å². The monoisotopic (exact) mass is 392 g/mol. The van der Waals surface area contributed by atoms with E-state index in [0.29, 0.717) is 23.0 Å². The van der Waals surface area contributed by atoms with Gasteiger partial charge in [-0.15, -0.1) is 0 Å². The standard InChI is InChI=1S/C21H20N4O2S/c1-15-7-9-16(10-8-15)13-24-20(27)17-5-2-3-6-18(17)25-19(26)14-28-21-22-11-4-12-23-21/h2-12H,13-14H2,1H3,(H,24,27)(H,25,26). The molecular formula is C21H20N4O2S. The molecule has 6 nitrogen and oxygen atoms in total. The van der Waals surface area contributed by atoms with Gasteiger partial charge in [0.25, 0.3) is 5.91 Å². The van der Waals surface area contributed by atoms with Gasteiger partial charge in [-0.2, -0.15) is 0 Å². The van der Waals surface area contributed by atoms with Crippen LogP contribution >= 0.6 is 11.8 Å². The number of aryl methyl sites for hydroxylation is 1. The first-order chi connectivity index (χ1) is 13.6. The largest absolute Gasteiger partial charge is 0.348 e. The molecule has 0 unspecified atom stereocenters. The fourth-order valence-corrected chi connectivity index (χ4v) is 3.05. The molecule has 0 saturated heterocycles. The van der Waals surface area contributed by atoms with Crippen molar-refractivity contribution in [2.75, 3.05) is 11.1 Å². The van der Waals surface area contributed by atoms with Crippen molar-refractivity contribution in [3.05, 3.63) is 83.7 Å². The molecule has 2 N–H and O–H groups in total. The lowest BCUT2D eigenvalue weighted by Gasteiger charge is -2.11. The average Bonchev–Trinajstić information content (AvgIpc) is 2.73. The molecule has 7 heteroatoms. The van der Waals surface area contributed by atoms with Crippen molar-refractivity contribution >= 4 is 29.3 Å². The topological polar surface area (TPSA) is 84.0 Å². The van der Waals surface area contributed by atoms with E-state index in [1.165, 1.54) is 17.3 Å². The van der Waals surface area contributed by atoms with E-state index in [4.69, 9.17) is 0 Å². The zero-order valence-corrected chi connectivity index (χ0v) is 16.2. The highest BCUT2D eigenvalue weighted by Crippen LogP contribution is 2.17. The molecule has 3 aromatic rings. The van der Waals surface area contributed by atoms with Crippen LogP contribution in [-0.2, 0) is 11.3 Å². The summed E-state index contributed by atoms with van der Waals surface area (Å²) in [5.74, 6) is -0.310. The van der Waals surface area contributed by atoms with Crippen molar-refractivity contribution in [1.29, 1.82) is 0 Å². The second kappa shape index (κ2) is 9.66. The van der Waals surface area contributed by atoms with E-state index in [-0.39, 0.29) is 17.6 Å². The smallest absolute Gasteiger partial charge is 0.253 e. The highest BCUT2D eigenvalue weighted by atomic mass is 32.2. The van der Waals surface area contributed by atoms with E-state index < -0.39 is 0 Å². The molecule has 0 radical (unpaired) electrons. The SMILES string of the molecule is Cc1ccc(CNC(=O)c2ccccc2NC(=O)CSc2ncccn2)cc1. The Kier molecular flexibility index (Phi) is 6.75. The van der Waals surface area contributed by atoms with Crippen molar-refractivity contribution < 1.29 is 9.59 Å². The van der Waals surface area contributed by atoms with Gasteiger partial charge in [0, 0.05) is 18.9 Å². The molecule has 0 bridgehead atoms. The third kappa shape index (κ3) is 5.65. The number of hydrogen-bond donors (Lipinski definition) is 2. The van der Waals surface area contributed by atoms with Crippen LogP contribution in [0.4, 0.5) is 5.69 Å². The third-order valence-corrected chi connectivity index (χ3v) is 4.77. The molecule has 28 heavy (non-hydrogen) atoms. The molecule has 2 aromatic carbocycles. The summed E-state index contributed by atoms with van der Waals surface area (Å²) >= 11 is 1.24. The molecule has 0 aliphatic rings. The summed E-state index contributed by atoms with van der Waals surface area (Å²) in [7, 11) is 0. The van der Waals surface area contributed by atoms with Gasteiger partial charge >= 0.3 is 0 Å². The zero-order valence-electron chi connectivity index (χ0n) is 15.4. The van der Waals surface area contributed by atoms with E-state index in [0.717, 1.165) is 5.56 Å². The van der Waals surface area contributed by atoms with Crippen molar-refractivity contribution in [1.82, 2.24) is 15.3 Å². The molecule has 0 aliphatic carbocycles. The molecule has 0 spiro atoms. The van der Waals surface area contributed by atoms with Gasteiger partial charge in [0.1, 0.15) is 0 Å². The van der Waals surface area contributed by atoms with Gasteiger partial charge < -0.3 is 10.6 Å². The normalized spacial score (nSPS) is 10.3. The number of carbonyl (C=O) groups is 2. The lowest BCUT2D eigenvalue weighted by atomic mass is 10.1. The van der Waals surface area contributed by atoms with Crippen molar-refractivity contribution in [3.63, 3.8) is 0 Å². The predicted molar refractivity (Wildman–Crippen MR) is 110 cm³/mol. The molecule has 0 fully saturated rings. The number of carbonyl (C=O) groups excluding carboxylic acids is 2. The number of thioether (sulfide) groups is 1. The summed E-state index contributed by atoms with van der Waals surface area (Å²) in [5.41, 5.74) is 3.08. The van der Waals surface area contributed by atoms with E-state index >= 15 is 0 Å². The number of benzene rings is 2. The van der Waals surface area contributed by atoms with Crippen molar-refractivity contribution in [2.45, 2.75) is 18.6 Å². The van der Waals surface area contributed by atoms with E-state index in [9.17, 15) is 9.59 Å². The van der Waals surface area contributed by atoms with Gasteiger partial charge in [-0.3, -0.25) is 9.59 Å². The third-order valence-electron chi connectivity index (χ3n) is 3.89. The number of para-hydroxylation sites is 1. The molecule has 2 amide bonds. The lowest BCUT2D eigenvalue weighted by molar-refractivity contribution is -0.113. The summed E-state index contributed by atoms with van der Waals surface area (Å²) in [4.78, 5) is 33.0. The zero-order chi connectivity index (χ0) is 19.8. The summed E-state index contributed by atoms with van der Waals surface area (Å²) in [6, 6.07) is 16.6. The number of hydrogen-bond acceptors (Lipinski definition) is 5. The van der Waals surface area contributed by atoms with Crippen LogP contribution in [0.25, 0.3) is 0 Å². The maximum Gasteiger partial charge on any atom is 0.253 e. The molecule has 142 valence electrons. The number of anilines is 1. The van der Waals surface area contributed by atoms with Crippen LogP contribution in [0, 0.1) is 6.92 Å². The number of nitrogens with one attached hydrogen (secondary N) is 2. The first kappa shape index (κ1) is 19.6. The summed E-state index contributed by atoms with van der Waals surface area (Å²) in [6.45, 7) is 2.44. The van der Waals surface area contributed by atoms with Crippen LogP contribution in [0.15, 0.2) is 72.1 Å². The first-order valence-electron chi connectivity index (χ1n) is 8.74. The maximum atomic E-state index is 12.6. The Morgan fingerprint density at radius 1 is 0.964 bits per heavy atom. The predicted octanol–water partition coefficient (Wildman–Crippen LogP) is 3.45. The van der Waals surface area contributed by atoms with Gasteiger partial charge in [0.15, 0.2) is 5.16 Å². The van der Waals surface area contributed by atoms with Crippen LogP contribution in [-0.4, -0.2) is 27.5 Å². The number of nitrogens with zero attached hydrogens (tertiary/aromatic N) is 2. The molecule has 1 heterocycles. The van der Waals surface area contributed by atoms with E-state index in [1.54, 1.807) is 42.7 Å².